The molecule has 28 heavy (non-hydrogen) atoms. The van der Waals surface area contributed by atoms with Gasteiger partial charge in [0.05, 0.1) is 0 Å². The predicted molar refractivity (Wildman–Crippen MR) is 107 cm³/mol. The van der Waals surface area contributed by atoms with Crippen molar-refractivity contribution in [2.24, 2.45) is 0 Å². The molecule has 5 nitrogen and oxygen atoms in total. The highest BCUT2D eigenvalue weighted by molar-refractivity contribution is 5.97. The van der Waals surface area contributed by atoms with Gasteiger partial charge >= 0.3 is 6.03 Å². The number of nitrogens with one attached hydrogen (secondary N) is 2. The van der Waals surface area contributed by atoms with E-state index >= 15 is 0 Å². The Morgan fingerprint density at radius 1 is 1.14 bits per heavy atom. The number of rotatable bonds is 3. The number of fused-ring (bicyclic) bond motifs is 1. The maximum atomic E-state index is 13.4. The first-order chi connectivity index (χ1) is 13.5. The van der Waals surface area contributed by atoms with E-state index in [1.54, 1.807) is 24.1 Å². The van der Waals surface area contributed by atoms with Crippen LogP contribution in [0.25, 0.3) is 0 Å². The molecule has 1 aliphatic heterocycles. The molecular weight excluding hydrogens is 357 g/mol. The fourth-order valence-electron chi connectivity index (χ4n) is 4.24. The lowest BCUT2D eigenvalue weighted by Crippen LogP contribution is -2.36. The number of benzene rings is 2. The van der Waals surface area contributed by atoms with E-state index in [1.165, 1.54) is 6.07 Å². The highest BCUT2D eigenvalue weighted by Crippen LogP contribution is 2.35. The number of urea groups is 1. The summed E-state index contributed by atoms with van der Waals surface area (Å²) in [7, 11) is 1.76. The maximum Gasteiger partial charge on any atom is 0.319 e. The van der Waals surface area contributed by atoms with Gasteiger partial charge in [-0.1, -0.05) is 18.2 Å². The summed E-state index contributed by atoms with van der Waals surface area (Å²) in [6.07, 6.45) is 3.86. The van der Waals surface area contributed by atoms with Gasteiger partial charge in [-0.25, -0.2) is 9.18 Å². The van der Waals surface area contributed by atoms with Crippen LogP contribution in [0.5, 0.6) is 0 Å². The Kier molecular flexibility index (Phi) is 5.03. The molecule has 146 valence electrons. The van der Waals surface area contributed by atoms with Crippen LogP contribution in [0.15, 0.2) is 42.5 Å². The number of nitrogens with zero attached hydrogens (tertiary/aromatic N) is 1. The maximum absolute atomic E-state index is 13.4. The van der Waals surface area contributed by atoms with E-state index in [1.807, 2.05) is 24.3 Å². The molecule has 2 aromatic carbocycles. The van der Waals surface area contributed by atoms with Crippen molar-refractivity contribution in [2.75, 3.05) is 17.3 Å². The molecule has 4 rings (SSSR count). The predicted octanol–water partition coefficient (Wildman–Crippen LogP) is 4.19. The molecule has 6 heteroatoms. The zero-order valence-electron chi connectivity index (χ0n) is 15.9. The van der Waals surface area contributed by atoms with E-state index in [-0.39, 0.29) is 29.7 Å². The van der Waals surface area contributed by atoms with Gasteiger partial charge in [-0.15, -0.1) is 0 Å². The van der Waals surface area contributed by atoms with Gasteiger partial charge in [0.15, 0.2) is 0 Å². The van der Waals surface area contributed by atoms with Crippen LogP contribution in [0.2, 0.25) is 0 Å². The number of carbonyl (C=O) groups is 2. The van der Waals surface area contributed by atoms with E-state index in [0.717, 1.165) is 42.5 Å². The summed E-state index contributed by atoms with van der Waals surface area (Å²) in [5.41, 5.74) is 3.62. The number of hydrogen-bond acceptors (Lipinski definition) is 2. The summed E-state index contributed by atoms with van der Waals surface area (Å²) in [5.74, 6) is 0.135. The van der Waals surface area contributed by atoms with E-state index < -0.39 is 0 Å². The summed E-state index contributed by atoms with van der Waals surface area (Å²) < 4.78 is 13.4. The van der Waals surface area contributed by atoms with Crippen molar-refractivity contribution >= 4 is 23.3 Å². The van der Waals surface area contributed by atoms with Gasteiger partial charge in [0, 0.05) is 30.9 Å². The van der Waals surface area contributed by atoms with E-state index in [9.17, 15) is 14.0 Å². The van der Waals surface area contributed by atoms with Crippen molar-refractivity contribution < 1.29 is 14.0 Å². The fourth-order valence-corrected chi connectivity index (χ4v) is 4.24. The van der Waals surface area contributed by atoms with Gasteiger partial charge < -0.3 is 15.5 Å². The van der Waals surface area contributed by atoms with E-state index in [4.69, 9.17) is 0 Å². The lowest BCUT2D eigenvalue weighted by Gasteiger charge is -2.26. The molecule has 0 saturated heterocycles. The van der Waals surface area contributed by atoms with E-state index in [2.05, 4.69) is 10.6 Å². The average Bonchev–Trinajstić information content (AvgIpc) is 3.13. The Bertz CT molecular complexity index is 914. The largest absolute Gasteiger partial charge is 0.335 e. The van der Waals surface area contributed by atoms with Crippen molar-refractivity contribution in [3.05, 3.63) is 59.4 Å². The Balaban J connectivity index is 1.36. The third-order valence-corrected chi connectivity index (χ3v) is 5.77. The van der Waals surface area contributed by atoms with Crippen molar-refractivity contribution in [1.29, 1.82) is 0 Å². The molecule has 0 unspecified atom stereocenters. The smallest absolute Gasteiger partial charge is 0.319 e. The molecule has 3 amide bonds. The summed E-state index contributed by atoms with van der Waals surface area (Å²) >= 11 is 0. The molecule has 2 aliphatic rings. The molecule has 1 saturated carbocycles. The molecule has 2 N–H and O–H groups in total. The van der Waals surface area contributed by atoms with Crippen LogP contribution < -0.4 is 15.5 Å². The summed E-state index contributed by atoms with van der Waals surface area (Å²) in [5, 5.41) is 5.89. The fraction of sp³-hybridized carbons (Fsp3) is 0.364. The second-order valence-corrected chi connectivity index (χ2v) is 7.66. The topological polar surface area (TPSA) is 61.4 Å². The van der Waals surface area contributed by atoms with Crippen LogP contribution in [-0.2, 0) is 11.2 Å². The third-order valence-electron chi connectivity index (χ3n) is 5.77. The molecule has 2 atom stereocenters. The lowest BCUT2D eigenvalue weighted by molar-refractivity contribution is -0.118. The molecule has 0 aromatic heterocycles. The number of carbonyl (C=O) groups excluding carboxylic acids is 2. The van der Waals surface area contributed by atoms with Gasteiger partial charge in [0.25, 0.3) is 0 Å². The Hall–Kier alpha value is -2.89. The molecule has 1 fully saturated rings. The number of halogens is 1. The minimum absolute atomic E-state index is 0.0649. The zero-order valence-corrected chi connectivity index (χ0v) is 15.9. The standard InChI is InChI=1S/C22H24FN3O2/c1-26-20-13-19(8-5-14(20)7-10-21(26)27)25-22(28)24-18-9-6-16(12-18)15-3-2-4-17(23)11-15/h2-5,8,11,13,16,18H,6-7,9-10,12H2,1H3,(H2,24,25,28)/t16-,18-/m1/s1. The lowest BCUT2D eigenvalue weighted by atomic mass is 9.97. The van der Waals surface area contributed by atoms with Crippen molar-refractivity contribution in [3.63, 3.8) is 0 Å². The number of aryl methyl sites for hydroxylation is 1. The molecule has 1 heterocycles. The first kappa shape index (κ1) is 18.5. The van der Waals surface area contributed by atoms with Crippen LogP contribution >= 0.6 is 0 Å². The Labute approximate surface area is 163 Å². The van der Waals surface area contributed by atoms with E-state index in [0.29, 0.717) is 12.1 Å². The molecule has 0 spiro atoms. The molecule has 0 radical (unpaired) electrons. The highest BCUT2D eigenvalue weighted by Gasteiger charge is 2.27. The third kappa shape index (κ3) is 3.86. The molecular formula is C22H24FN3O2. The Morgan fingerprint density at radius 3 is 2.82 bits per heavy atom. The number of hydrogen-bond donors (Lipinski definition) is 2. The van der Waals surface area contributed by atoms with Gasteiger partial charge in [-0.2, -0.15) is 0 Å². The zero-order chi connectivity index (χ0) is 19.7. The quantitative estimate of drug-likeness (QED) is 0.837. The molecule has 1 aliphatic carbocycles. The van der Waals surface area contributed by atoms with Crippen molar-refractivity contribution in [2.45, 2.75) is 44.1 Å². The van der Waals surface area contributed by atoms with Crippen LogP contribution in [-0.4, -0.2) is 25.0 Å². The minimum Gasteiger partial charge on any atom is -0.335 e. The van der Waals surface area contributed by atoms with Gasteiger partial charge in [-0.05, 0) is 67.0 Å². The van der Waals surface area contributed by atoms with Crippen LogP contribution in [0.1, 0.15) is 42.7 Å². The van der Waals surface area contributed by atoms with Crippen molar-refractivity contribution in [3.8, 4) is 0 Å². The first-order valence-electron chi connectivity index (χ1n) is 9.72. The monoisotopic (exact) mass is 381 g/mol. The van der Waals surface area contributed by atoms with Crippen LogP contribution in [0.4, 0.5) is 20.6 Å². The van der Waals surface area contributed by atoms with Crippen LogP contribution in [0, 0.1) is 5.82 Å². The van der Waals surface area contributed by atoms with Gasteiger partial charge in [0.1, 0.15) is 5.82 Å². The SMILES string of the molecule is CN1C(=O)CCc2ccc(NC(=O)N[C@@H]3CC[C@@H](c4cccc(F)c4)C3)cc21. The van der Waals surface area contributed by atoms with Gasteiger partial charge in [0.2, 0.25) is 5.91 Å². The summed E-state index contributed by atoms with van der Waals surface area (Å²) in [6.45, 7) is 0. The summed E-state index contributed by atoms with van der Waals surface area (Å²) in [4.78, 5) is 26.0. The Morgan fingerprint density at radius 2 is 2.00 bits per heavy atom. The highest BCUT2D eigenvalue weighted by atomic mass is 19.1. The molecule has 2 aromatic rings. The number of anilines is 2. The normalized spacial score (nSPS) is 21.4. The molecule has 0 bridgehead atoms. The number of amides is 3. The van der Waals surface area contributed by atoms with Gasteiger partial charge in [-0.3, -0.25) is 4.79 Å². The average molecular weight is 381 g/mol. The first-order valence-corrected chi connectivity index (χ1v) is 9.72. The second-order valence-electron chi connectivity index (χ2n) is 7.66. The summed E-state index contributed by atoms with van der Waals surface area (Å²) in [6, 6.07) is 12.2. The van der Waals surface area contributed by atoms with Crippen LogP contribution in [0.3, 0.4) is 0 Å². The second kappa shape index (κ2) is 7.62. The minimum atomic E-state index is -0.255. The van der Waals surface area contributed by atoms with Crippen molar-refractivity contribution in [1.82, 2.24) is 5.32 Å².